The van der Waals surface area contributed by atoms with Crippen molar-refractivity contribution in [1.29, 1.82) is 0 Å². The Morgan fingerprint density at radius 3 is 2.83 bits per heavy atom. The zero-order chi connectivity index (χ0) is 13.1. The van der Waals surface area contributed by atoms with Crippen molar-refractivity contribution in [2.24, 2.45) is 0 Å². The van der Waals surface area contributed by atoms with Crippen LogP contribution in [-0.4, -0.2) is 45.2 Å². The molecule has 1 aromatic carbocycles. The molecule has 0 aliphatic carbocycles. The van der Waals surface area contributed by atoms with Crippen molar-refractivity contribution < 1.29 is 0 Å². The molecule has 1 aliphatic rings. The van der Waals surface area contributed by atoms with Crippen LogP contribution in [0.4, 0.5) is 5.69 Å². The van der Waals surface area contributed by atoms with E-state index in [0.29, 0.717) is 6.04 Å². The molecule has 1 aliphatic heterocycles. The Morgan fingerprint density at radius 1 is 1.44 bits per heavy atom. The van der Waals surface area contributed by atoms with Gasteiger partial charge >= 0.3 is 0 Å². The second kappa shape index (κ2) is 5.91. The quantitative estimate of drug-likeness (QED) is 0.902. The maximum Gasteiger partial charge on any atom is 0.0413 e. The van der Waals surface area contributed by atoms with Gasteiger partial charge in [-0.2, -0.15) is 0 Å². The molecule has 4 heteroatoms. The number of rotatable bonds is 4. The van der Waals surface area contributed by atoms with Crippen LogP contribution in [0, 0.1) is 0 Å². The average molecular weight is 268 g/mol. The van der Waals surface area contributed by atoms with Crippen LogP contribution in [0.15, 0.2) is 18.2 Å². The summed E-state index contributed by atoms with van der Waals surface area (Å²) in [6.45, 7) is 3.09. The summed E-state index contributed by atoms with van der Waals surface area (Å²) in [5, 5.41) is 4.03. The van der Waals surface area contributed by atoms with Gasteiger partial charge in [-0.05, 0) is 51.3 Å². The number of hydrogen-bond donors (Lipinski definition) is 1. The van der Waals surface area contributed by atoms with E-state index >= 15 is 0 Å². The van der Waals surface area contributed by atoms with Gasteiger partial charge in [-0.3, -0.25) is 0 Å². The van der Waals surface area contributed by atoms with Gasteiger partial charge in [0.25, 0.3) is 0 Å². The average Bonchev–Trinajstić information content (AvgIpc) is 2.79. The van der Waals surface area contributed by atoms with Crippen molar-refractivity contribution in [3.63, 3.8) is 0 Å². The van der Waals surface area contributed by atoms with Gasteiger partial charge in [0.15, 0.2) is 0 Å². The first kappa shape index (κ1) is 13.7. The molecular weight excluding hydrogens is 246 g/mol. The van der Waals surface area contributed by atoms with E-state index in [1.165, 1.54) is 17.7 Å². The summed E-state index contributed by atoms with van der Waals surface area (Å²) in [7, 11) is 6.28. The van der Waals surface area contributed by atoms with Crippen molar-refractivity contribution in [3.05, 3.63) is 28.8 Å². The monoisotopic (exact) mass is 267 g/mol. The molecule has 0 saturated carbocycles. The second-order valence-corrected chi connectivity index (χ2v) is 5.59. The number of nitrogens with zero attached hydrogens (tertiary/aromatic N) is 2. The largest absolute Gasteiger partial charge is 0.370 e. The normalized spacial score (nSPS) is 19.8. The smallest absolute Gasteiger partial charge is 0.0413 e. The second-order valence-electron chi connectivity index (χ2n) is 5.16. The lowest BCUT2D eigenvalue weighted by molar-refractivity contribution is 0.315. The Bertz CT molecular complexity index is 406. The van der Waals surface area contributed by atoms with E-state index < -0.39 is 0 Å². The maximum atomic E-state index is 6.08. The van der Waals surface area contributed by atoms with E-state index in [0.717, 1.165) is 24.7 Å². The number of benzene rings is 1. The van der Waals surface area contributed by atoms with Crippen LogP contribution in [0.2, 0.25) is 5.02 Å². The van der Waals surface area contributed by atoms with Gasteiger partial charge in [0.05, 0.1) is 0 Å². The molecule has 100 valence electrons. The molecule has 1 heterocycles. The van der Waals surface area contributed by atoms with Crippen LogP contribution in [0.3, 0.4) is 0 Å². The van der Waals surface area contributed by atoms with Crippen LogP contribution < -0.4 is 10.2 Å². The molecule has 0 amide bonds. The van der Waals surface area contributed by atoms with E-state index in [2.05, 4.69) is 41.3 Å². The summed E-state index contributed by atoms with van der Waals surface area (Å²) < 4.78 is 0. The van der Waals surface area contributed by atoms with Crippen molar-refractivity contribution in [2.45, 2.75) is 19.0 Å². The first-order valence-electron chi connectivity index (χ1n) is 6.46. The fourth-order valence-corrected chi connectivity index (χ4v) is 2.77. The summed E-state index contributed by atoms with van der Waals surface area (Å²) >= 11 is 6.08. The SMILES string of the molecule is CNCc1cc(Cl)ccc1N1CCC(N(C)C)C1. The van der Waals surface area contributed by atoms with Gasteiger partial charge in [-0.1, -0.05) is 11.6 Å². The Kier molecular flexibility index (Phi) is 4.49. The molecule has 1 saturated heterocycles. The molecule has 3 nitrogen and oxygen atoms in total. The zero-order valence-corrected chi connectivity index (χ0v) is 12.2. The van der Waals surface area contributed by atoms with E-state index in [1.54, 1.807) is 0 Å². The highest BCUT2D eigenvalue weighted by molar-refractivity contribution is 6.30. The molecule has 0 radical (unpaired) electrons. The van der Waals surface area contributed by atoms with Gasteiger partial charge in [-0.15, -0.1) is 0 Å². The van der Waals surface area contributed by atoms with Crippen LogP contribution in [-0.2, 0) is 6.54 Å². The maximum absolute atomic E-state index is 6.08. The third kappa shape index (κ3) is 2.97. The van der Waals surface area contributed by atoms with E-state index in [1.807, 2.05) is 13.1 Å². The molecule has 1 fully saturated rings. The standard InChI is InChI=1S/C14H22ClN3/c1-16-9-11-8-12(15)4-5-14(11)18-7-6-13(10-18)17(2)3/h4-5,8,13,16H,6-7,9-10H2,1-3H3. The Balaban J connectivity index is 2.18. The summed E-state index contributed by atoms with van der Waals surface area (Å²) in [5.74, 6) is 0. The molecule has 0 bridgehead atoms. The predicted molar refractivity (Wildman–Crippen MR) is 78.5 cm³/mol. The third-order valence-corrected chi connectivity index (χ3v) is 3.88. The topological polar surface area (TPSA) is 18.5 Å². The van der Waals surface area contributed by atoms with E-state index in [4.69, 9.17) is 11.6 Å². The van der Waals surface area contributed by atoms with Gasteiger partial charge < -0.3 is 15.1 Å². The number of halogens is 1. The Morgan fingerprint density at radius 2 is 2.22 bits per heavy atom. The van der Waals surface area contributed by atoms with Crippen LogP contribution in [0.5, 0.6) is 0 Å². The van der Waals surface area contributed by atoms with Crippen molar-refractivity contribution >= 4 is 17.3 Å². The summed E-state index contributed by atoms with van der Waals surface area (Å²) in [6, 6.07) is 6.85. The molecular formula is C14H22ClN3. The molecule has 2 rings (SSSR count). The van der Waals surface area contributed by atoms with E-state index in [-0.39, 0.29) is 0 Å². The minimum atomic E-state index is 0.656. The van der Waals surface area contributed by atoms with E-state index in [9.17, 15) is 0 Å². The zero-order valence-electron chi connectivity index (χ0n) is 11.4. The molecule has 1 aromatic rings. The number of anilines is 1. The minimum absolute atomic E-state index is 0.656. The highest BCUT2D eigenvalue weighted by atomic mass is 35.5. The van der Waals surface area contributed by atoms with Gasteiger partial charge in [0.1, 0.15) is 0 Å². The molecule has 1 unspecified atom stereocenters. The lowest BCUT2D eigenvalue weighted by Gasteiger charge is -2.24. The fourth-order valence-electron chi connectivity index (χ4n) is 2.58. The summed E-state index contributed by atoms with van der Waals surface area (Å²) in [5.41, 5.74) is 2.60. The lowest BCUT2D eigenvalue weighted by Crippen LogP contribution is -2.31. The van der Waals surface area contributed by atoms with Crippen LogP contribution in [0.25, 0.3) is 0 Å². The van der Waals surface area contributed by atoms with Gasteiger partial charge in [-0.25, -0.2) is 0 Å². The third-order valence-electron chi connectivity index (χ3n) is 3.64. The van der Waals surface area contributed by atoms with Gasteiger partial charge in [0.2, 0.25) is 0 Å². The predicted octanol–water partition coefficient (Wildman–Crippen LogP) is 2.20. The van der Waals surface area contributed by atoms with Crippen molar-refractivity contribution in [3.8, 4) is 0 Å². The first-order valence-corrected chi connectivity index (χ1v) is 6.84. The number of nitrogens with one attached hydrogen (secondary N) is 1. The molecule has 1 atom stereocenters. The molecule has 18 heavy (non-hydrogen) atoms. The molecule has 0 aromatic heterocycles. The van der Waals surface area contributed by atoms with Crippen LogP contribution >= 0.6 is 11.6 Å². The molecule has 0 spiro atoms. The Labute approximate surface area is 115 Å². The Hall–Kier alpha value is -0.770. The van der Waals surface area contributed by atoms with Crippen molar-refractivity contribution in [1.82, 2.24) is 10.2 Å². The summed E-state index contributed by atoms with van der Waals surface area (Å²) in [4.78, 5) is 4.78. The lowest BCUT2D eigenvalue weighted by atomic mass is 10.1. The first-order chi connectivity index (χ1) is 8.61. The number of hydrogen-bond acceptors (Lipinski definition) is 3. The van der Waals surface area contributed by atoms with Gasteiger partial charge in [0, 0.05) is 36.4 Å². The summed E-state index contributed by atoms with van der Waals surface area (Å²) in [6.07, 6.45) is 1.23. The number of likely N-dealkylation sites (N-methyl/N-ethyl adjacent to an activating group) is 1. The fraction of sp³-hybridized carbons (Fsp3) is 0.571. The highest BCUT2D eigenvalue weighted by Crippen LogP contribution is 2.28. The molecule has 1 N–H and O–H groups in total. The van der Waals surface area contributed by atoms with Crippen LogP contribution in [0.1, 0.15) is 12.0 Å². The minimum Gasteiger partial charge on any atom is -0.370 e. The van der Waals surface area contributed by atoms with Crippen molar-refractivity contribution in [2.75, 3.05) is 39.1 Å². The highest BCUT2D eigenvalue weighted by Gasteiger charge is 2.25.